The number of carbonyl (C=O) groups is 1. The lowest BCUT2D eigenvalue weighted by Gasteiger charge is -2.07. The molecule has 2 heterocycles. The number of rotatable bonds is 4. The Hall–Kier alpha value is -2.60. The zero-order valence-corrected chi connectivity index (χ0v) is 12.8. The molecule has 3 rings (SSSR count). The molecule has 0 atom stereocenters. The summed E-state index contributed by atoms with van der Waals surface area (Å²) in [6.45, 7) is 0. The summed E-state index contributed by atoms with van der Waals surface area (Å²) in [6, 6.07) is 9.04. The molecule has 1 aliphatic heterocycles. The van der Waals surface area contributed by atoms with Gasteiger partial charge in [-0.25, -0.2) is 9.79 Å². The lowest BCUT2D eigenvalue weighted by molar-refractivity contribution is -0.129. The number of hydrogen-bond acceptors (Lipinski definition) is 6. The van der Waals surface area contributed by atoms with Gasteiger partial charge in [0.15, 0.2) is 5.70 Å². The molecule has 1 aliphatic rings. The zero-order valence-electron chi connectivity index (χ0n) is 12.0. The second kappa shape index (κ2) is 6.03. The molecule has 5 nitrogen and oxygen atoms in total. The Morgan fingerprint density at radius 3 is 2.50 bits per heavy atom. The van der Waals surface area contributed by atoms with Crippen LogP contribution in [0.1, 0.15) is 10.4 Å². The first kappa shape index (κ1) is 14.3. The van der Waals surface area contributed by atoms with Crippen LogP contribution >= 0.6 is 11.3 Å². The van der Waals surface area contributed by atoms with E-state index in [1.807, 2.05) is 17.5 Å². The summed E-state index contributed by atoms with van der Waals surface area (Å²) < 4.78 is 15.7. The minimum Gasteiger partial charge on any atom is -0.497 e. The topological polar surface area (TPSA) is 57.1 Å². The molecule has 0 spiro atoms. The fraction of sp³-hybridized carbons (Fsp3) is 0.125. The summed E-state index contributed by atoms with van der Waals surface area (Å²) in [5.74, 6) is 0.975. The Bertz CT molecular complexity index is 740. The molecule has 0 radical (unpaired) electrons. The molecule has 2 aromatic rings. The van der Waals surface area contributed by atoms with E-state index in [1.165, 1.54) is 11.3 Å². The van der Waals surface area contributed by atoms with Gasteiger partial charge in [0.2, 0.25) is 5.90 Å². The van der Waals surface area contributed by atoms with Crippen LogP contribution in [0.3, 0.4) is 0 Å². The van der Waals surface area contributed by atoms with Gasteiger partial charge in [-0.05, 0) is 29.7 Å². The number of nitrogens with zero attached hydrogens (tertiary/aromatic N) is 1. The van der Waals surface area contributed by atoms with E-state index in [-0.39, 0.29) is 11.6 Å². The number of benzene rings is 1. The SMILES string of the molecule is COc1cc(OC)cc(C2=NC(=Cc3cccs3)C(=O)O2)c1. The first-order chi connectivity index (χ1) is 10.7. The molecule has 0 bridgehead atoms. The maximum Gasteiger partial charge on any atom is 0.363 e. The predicted octanol–water partition coefficient (Wildman–Crippen LogP) is 3.11. The number of cyclic esters (lactones) is 1. The Morgan fingerprint density at radius 2 is 1.91 bits per heavy atom. The summed E-state index contributed by atoms with van der Waals surface area (Å²) >= 11 is 1.53. The van der Waals surface area contributed by atoms with Crippen LogP contribution in [0.2, 0.25) is 0 Å². The van der Waals surface area contributed by atoms with Crippen LogP contribution in [0.25, 0.3) is 6.08 Å². The molecule has 0 N–H and O–H groups in total. The van der Waals surface area contributed by atoms with Gasteiger partial charge in [-0.15, -0.1) is 11.3 Å². The van der Waals surface area contributed by atoms with Crippen LogP contribution in [-0.2, 0) is 9.53 Å². The first-order valence-electron chi connectivity index (χ1n) is 6.49. The minimum atomic E-state index is -0.467. The minimum absolute atomic E-state index is 0.241. The molecule has 1 aromatic carbocycles. The molecular formula is C16H13NO4S. The quantitative estimate of drug-likeness (QED) is 0.642. The molecule has 0 saturated heterocycles. The average Bonchev–Trinajstić information content (AvgIpc) is 3.17. The van der Waals surface area contributed by atoms with Crippen molar-refractivity contribution in [2.45, 2.75) is 0 Å². The van der Waals surface area contributed by atoms with Crippen molar-refractivity contribution >= 4 is 29.3 Å². The molecule has 0 amide bonds. The van der Waals surface area contributed by atoms with Crippen LogP contribution in [0.15, 0.2) is 46.4 Å². The summed E-state index contributed by atoms with van der Waals surface area (Å²) in [5, 5.41) is 1.93. The highest BCUT2D eigenvalue weighted by Crippen LogP contribution is 2.26. The van der Waals surface area contributed by atoms with E-state index in [2.05, 4.69) is 4.99 Å². The third-order valence-electron chi connectivity index (χ3n) is 3.04. The van der Waals surface area contributed by atoms with E-state index in [9.17, 15) is 4.79 Å². The summed E-state index contributed by atoms with van der Waals surface area (Å²) in [5.41, 5.74) is 0.901. The number of hydrogen-bond donors (Lipinski definition) is 0. The first-order valence-corrected chi connectivity index (χ1v) is 7.37. The highest BCUT2D eigenvalue weighted by molar-refractivity contribution is 7.10. The lowest BCUT2D eigenvalue weighted by Crippen LogP contribution is -2.06. The van der Waals surface area contributed by atoms with Gasteiger partial charge >= 0.3 is 5.97 Å². The largest absolute Gasteiger partial charge is 0.497 e. The van der Waals surface area contributed by atoms with Gasteiger partial charge in [0.05, 0.1) is 14.2 Å². The standard InChI is InChI=1S/C16H13NO4S/c1-19-11-6-10(7-12(8-11)20-2)15-17-14(16(18)21-15)9-13-4-3-5-22-13/h3-9H,1-2H3. The van der Waals surface area contributed by atoms with Crippen molar-refractivity contribution in [3.8, 4) is 11.5 Å². The van der Waals surface area contributed by atoms with Crippen LogP contribution in [0, 0.1) is 0 Å². The van der Waals surface area contributed by atoms with Gasteiger partial charge in [0.25, 0.3) is 0 Å². The number of thiophene rings is 1. The van der Waals surface area contributed by atoms with Crippen molar-refractivity contribution < 1.29 is 19.0 Å². The number of esters is 1. The molecule has 1 aromatic heterocycles. The van der Waals surface area contributed by atoms with Crippen molar-refractivity contribution in [2.75, 3.05) is 14.2 Å². The van der Waals surface area contributed by atoms with Gasteiger partial charge in [-0.1, -0.05) is 6.07 Å². The van der Waals surface area contributed by atoms with Crippen molar-refractivity contribution in [3.63, 3.8) is 0 Å². The second-order valence-electron chi connectivity index (χ2n) is 4.45. The maximum atomic E-state index is 11.9. The van der Waals surface area contributed by atoms with Crippen molar-refractivity contribution in [3.05, 3.63) is 51.8 Å². The van der Waals surface area contributed by atoms with Crippen LogP contribution in [0.4, 0.5) is 0 Å². The summed E-state index contributed by atoms with van der Waals surface area (Å²) in [6.07, 6.45) is 1.71. The molecule has 0 fully saturated rings. The smallest absolute Gasteiger partial charge is 0.363 e. The third-order valence-corrected chi connectivity index (χ3v) is 3.86. The third kappa shape index (κ3) is 2.87. The molecule has 22 heavy (non-hydrogen) atoms. The van der Waals surface area contributed by atoms with E-state index >= 15 is 0 Å². The molecular weight excluding hydrogens is 302 g/mol. The monoisotopic (exact) mass is 315 g/mol. The average molecular weight is 315 g/mol. The van der Waals surface area contributed by atoms with Gasteiger partial charge in [0.1, 0.15) is 11.5 Å². The summed E-state index contributed by atoms with van der Waals surface area (Å²) in [7, 11) is 3.12. The van der Waals surface area contributed by atoms with Gasteiger partial charge < -0.3 is 14.2 Å². The number of carbonyl (C=O) groups excluding carboxylic acids is 1. The van der Waals surface area contributed by atoms with E-state index in [0.29, 0.717) is 17.1 Å². The van der Waals surface area contributed by atoms with Crippen molar-refractivity contribution in [2.24, 2.45) is 4.99 Å². The molecule has 0 aliphatic carbocycles. The maximum absolute atomic E-state index is 11.9. The normalized spacial score (nSPS) is 15.6. The number of ether oxygens (including phenoxy) is 3. The van der Waals surface area contributed by atoms with Gasteiger partial charge in [-0.2, -0.15) is 0 Å². The van der Waals surface area contributed by atoms with E-state index in [0.717, 1.165) is 4.88 Å². The van der Waals surface area contributed by atoms with Crippen LogP contribution in [-0.4, -0.2) is 26.1 Å². The van der Waals surface area contributed by atoms with Crippen molar-refractivity contribution in [1.29, 1.82) is 0 Å². The molecule has 6 heteroatoms. The highest BCUT2D eigenvalue weighted by Gasteiger charge is 2.25. The zero-order chi connectivity index (χ0) is 15.5. The Morgan fingerprint density at radius 1 is 1.18 bits per heavy atom. The molecule has 112 valence electrons. The van der Waals surface area contributed by atoms with Gasteiger partial charge in [-0.3, -0.25) is 0 Å². The lowest BCUT2D eigenvalue weighted by atomic mass is 10.2. The van der Waals surface area contributed by atoms with E-state index in [1.54, 1.807) is 38.5 Å². The second-order valence-corrected chi connectivity index (χ2v) is 5.43. The van der Waals surface area contributed by atoms with Crippen molar-refractivity contribution in [1.82, 2.24) is 0 Å². The summed E-state index contributed by atoms with van der Waals surface area (Å²) in [4.78, 5) is 17.1. The van der Waals surface area contributed by atoms with Gasteiger partial charge in [0, 0.05) is 16.5 Å². The van der Waals surface area contributed by atoms with Crippen LogP contribution in [0.5, 0.6) is 11.5 Å². The fourth-order valence-electron chi connectivity index (χ4n) is 1.97. The Balaban J connectivity index is 1.97. The molecule has 0 saturated carbocycles. The number of aliphatic imine (C=N–C) groups is 1. The fourth-order valence-corrected chi connectivity index (χ4v) is 2.62. The van der Waals surface area contributed by atoms with Crippen LogP contribution < -0.4 is 9.47 Å². The van der Waals surface area contributed by atoms with E-state index < -0.39 is 5.97 Å². The Labute approximate surface area is 131 Å². The van der Waals surface area contributed by atoms with E-state index in [4.69, 9.17) is 14.2 Å². The predicted molar refractivity (Wildman–Crippen MR) is 84.5 cm³/mol. The highest BCUT2D eigenvalue weighted by atomic mass is 32.1. The molecule has 0 unspecified atom stereocenters. The Kier molecular flexibility index (Phi) is 3.93. The number of methoxy groups -OCH3 is 2.